The number of amides is 2. The maximum atomic E-state index is 12.5. The van der Waals surface area contributed by atoms with Crippen molar-refractivity contribution in [2.75, 3.05) is 19.0 Å². The summed E-state index contributed by atoms with van der Waals surface area (Å²) in [6.07, 6.45) is 0.983. The monoisotopic (exact) mass is 374 g/mol. The summed E-state index contributed by atoms with van der Waals surface area (Å²) in [5.74, 6) is -1.08. The van der Waals surface area contributed by atoms with Crippen LogP contribution in [0, 0.1) is 6.92 Å². The standard InChI is InChI=1S/C19H22N2O4S/c1-4-14(22)21-18-15(19(24)25-3)12(2)16(26-18)17(23)20-11-10-13-8-6-5-7-9-13/h5-9H,4,10-11H2,1-3H3,(H,20,23)(H,21,22). The van der Waals surface area contributed by atoms with Crippen molar-refractivity contribution in [2.45, 2.75) is 26.7 Å². The van der Waals surface area contributed by atoms with Crippen molar-refractivity contribution in [3.8, 4) is 0 Å². The molecule has 2 amide bonds. The molecule has 138 valence electrons. The highest BCUT2D eigenvalue weighted by molar-refractivity contribution is 7.18. The third-order valence-electron chi connectivity index (χ3n) is 3.86. The molecular weight excluding hydrogens is 352 g/mol. The van der Waals surface area contributed by atoms with Crippen LogP contribution in [0.3, 0.4) is 0 Å². The maximum absolute atomic E-state index is 12.5. The van der Waals surface area contributed by atoms with Crippen LogP contribution in [0.1, 0.15) is 44.5 Å². The number of ether oxygens (including phenoxy) is 1. The first-order valence-electron chi connectivity index (χ1n) is 8.31. The summed E-state index contributed by atoms with van der Waals surface area (Å²) >= 11 is 1.08. The Labute approximate surface area is 156 Å². The average molecular weight is 374 g/mol. The second kappa shape index (κ2) is 9.15. The molecule has 0 saturated heterocycles. The van der Waals surface area contributed by atoms with E-state index in [9.17, 15) is 14.4 Å². The van der Waals surface area contributed by atoms with Crippen molar-refractivity contribution in [3.63, 3.8) is 0 Å². The number of thiophene rings is 1. The van der Waals surface area contributed by atoms with E-state index in [4.69, 9.17) is 4.74 Å². The summed E-state index contributed by atoms with van der Waals surface area (Å²) in [5, 5.41) is 5.87. The van der Waals surface area contributed by atoms with Crippen LogP contribution >= 0.6 is 11.3 Å². The molecular formula is C19H22N2O4S. The van der Waals surface area contributed by atoms with Crippen LogP contribution in [0.5, 0.6) is 0 Å². The Morgan fingerprint density at radius 3 is 2.46 bits per heavy atom. The molecule has 0 atom stereocenters. The number of rotatable bonds is 7. The van der Waals surface area contributed by atoms with E-state index in [0.717, 1.165) is 16.9 Å². The number of carbonyl (C=O) groups is 3. The van der Waals surface area contributed by atoms with Gasteiger partial charge < -0.3 is 15.4 Å². The molecule has 0 saturated carbocycles. The summed E-state index contributed by atoms with van der Waals surface area (Å²) in [4.78, 5) is 36.7. The predicted octanol–water partition coefficient (Wildman–Crippen LogP) is 3.16. The van der Waals surface area contributed by atoms with Gasteiger partial charge in [-0.05, 0) is 24.5 Å². The Bertz CT molecular complexity index is 799. The molecule has 0 aliphatic heterocycles. The van der Waals surface area contributed by atoms with E-state index in [1.165, 1.54) is 7.11 Å². The van der Waals surface area contributed by atoms with E-state index < -0.39 is 5.97 Å². The van der Waals surface area contributed by atoms with E-state index >= 15 is 0 Å². The normalized spacial score (nSPS) is 10.3. The van der Waals surface area contributed by atoms with Gasteiger partial charge in [0.15, 0.2) is 0 Å². The van der Waals surface area contributed by atoms with Crippen LogP contribution in [0.25, 0.3) is 0 Å². The van der Waals surface area contributed by atoms with Crippen LogP contribution in [0.4, 0.5) is 5.00 Å². The van der Waals surface area contributed by atoms with Gasteiger partial charge in [0.1, 0.15) is 5.00 Å². The van der Waals surface area contributed by atoms with Crippen molar-refractivity contribution in [1.82, 2.24) is 5.32 Å². The molecule has 0 unspecified atom stereocenters. The van der Waals surface area contributed by atoms with Crippen LogP contribution in [0.2, 0.25) is 0 Å². The lowest BCUT2D eigenvalue weighted by atomic mass is 10.1. The van der Waals surface area contributed by atoms with Gasteiger partial charge in [-0.1, -0.05) is 37.3 Å². The van der Waals surface area contributed by atoms with Gasteiger partial charge in [0, 0.05) is 13.0 Å². The van der Waals surface area contributed by atoms with Gasteiger partial charge in [-0.15, -0.1) is 11.3 Å². The maximum Gasteiger partial charge on any atom is 0.341 e. The Hall–Kier alpha value is -2.67. The first kappa shape index (κ1) is 19.7. The Balaban J connectivity index is 2.15. The minimum atomic E-state index is -0.575. The Morgan fingerprint density at radius 2 is 1.85 bits per heavy atom. The SMILES string of the molecule is CCC(=O)Nc1sc(C(=O)NCCc2ccccc2)c(C)c1C(=O)OC. The summed E-state index contributed by atoms with van der Waals surface area (Å²) in [6.45, 7) is 3.87. The average Bonchev–Trinajstić information content (AvgIpc) is 2.97. The van der Waals surface area contributed by atoms with Gasteiger partial charge in [-0.2, -0.15) is 0 Å². The minimum absolute atomic E-state index is 0.229. The summed E-state index contributed by atoms with van der Waals surface area (Å²) in [5.41, 5.74) is 1.86. The van der Waals surface area contributed by atoms with Crippen LogP contribution in [-0.4, -0.2) is 31.4 Å². The fourth-order valence-corrected chi connectivity index (χ4v) is 3.55. The predicted molar refractivity (Wildman–Crippen MR) is 102 cm³/mol. The molecule has 0 bridgehead atoms. The molecule has 7 heteroatoms. The quantitative estimate of drug-likeness (QED) is 0.729. The van der Waals surface area contributed by atoms with Crippen LogP contribution in [0.15, 0.2) is 30.3 Å². The van der Waals surface area contributed by atoms with Gasteiger partial charge in [-0.25, -0.2) is 4.79 Å². The summed E-state index contributed by atoms with van der Waals surface area (Å²) < 4.78 is 4.79. The van der Waals surface area contributed by atoms with Crippen molar-refractivity contribution >= 4 is 34.1 Å². The molecule has 2 aromatic rings. The number of anilines is 1. The Kier molecular flexibility index (Phi) is 6.91. The Morgan fingerprint density at radius 1 is 1.15 bits per heavy atom. The topological polar surface area (TPSA) is 84.5 Å². The van der Waals surface area contributed by atoms with E-state index in [2.05, 4.69) is 10.6 Å². The lowest BCUT2D eigenvalue weighted by molar-refractivity contribution is -0.115. The number of hydrogen-bond donors (Lipinski definition) is 2. The molecule has 1 aromatic heterocycles. The number of nitrogens with one attached hydrogen (secondary N) is 2. The van der Waals surface area contributed by atoms with E-state index in [1.54, 1.807) is 13.8 Å². The van der Waals surface area contributed by atoms with Crippen LogP contribution in [-0.2, 0) is 16.0 Å². The number of esters is 1. The summed E-state index contributed by atoms with van der Waals surface area (Å²) in [7, 11) is 1.27. The first-order valence-corrected chi connectivity index (χ1v) is 9.13. The molecule has 1 aromatic carbocycles. The van der Waals surface area contributed by atoms with Gasteiger partial charge in [-0.3, -0.25) is 9.59 Å². The van der Waals surface area contributed by atoms with Gasteiger partial charge in [0.05, 0.1) is 17.6 Å². The second-order valence-electron chi connectivity index (χ2n) is 5.65. The lowest BCUT2D eigenvalue weighted by Gasteiger charge is -2.05. The van der Waals surface area contributed by atoms with E-state index in [0.29, 0.717) is 28.4 Å². The molecule has 0 aliphatic rings. The fourth-order valence-electron chi connectivity index (χ4n) is 2.43. The lowest BCUT2D eigenvalue weighted by Crippen LogP contribution is -2.25. The molecule has 6 nitrogen and oxygen atoms in total. The van der Waals surface area contributed by atoms with Gasteiger partial charge in [0.2, 0.25) is 5.91 Å². The van der Waals surface area contributed by atoms with Gasteiger partial charge in [0.25, 0.3) is 5.91 Å². The zero-order valence-corrected chi connectivity index (χ0v) is 15.9. The zero-order valence-electron chi connectivity index (χ0n) is 15.0. The number of benzene rings is 1. The number of methoxy groups -OCH3 is 1. The fraction of sp³-hybridized carbons (Fsp3) is 0.316. The highest BCUT2D eigenvalue weighted by atomic mass is 32.1. The molecule has 2 N–H and O–H groups in total. The third-order valence-corrected chi connectivity index (χ3v) is 5.06. The summed E-state index contributed by atoms with van der Waals surface area (Å²) in [6, 6.07) is 9.84. The number of hydrogen-bond acceptors (Lipinski definition) is 5. The minimum Gasteiger partial charge on any atom is -0.465 e. The molecule has 2 rings (SSSR count). The largest absolute Gasteiger partial charge is 0.465 e. The van der Waals surface area contributed by atoms with Crippen molar-refractivity contribution < 1.29 is 19.1 Å². The molecule has 26 heavy (non-hydrogen) atoms. The zero-order chi connectivity index (χ0) is 19.1. The smallest absolute Gasteiger partial charge is 0.341 e. The van der Waals surface area contributed by atoms with Crippen molar-refractivity contribution in [3.05, 3.63) is 51.9 Å². The highest BCUT2D eigenvalue weighted by Crippen LogP contribution is 2.33. The van der Waals surface area contributed by atoms with Crippen LogP contribution < -0.4 is 10.6 Å². The highest BCUT2D eigenvalue weighted by Gasteiger charge is 2.25. The molecule has 0 radical (unpaired) electrons. The molecule has 1 heterocycles. The van der Waals surface area contributed by atoms with Crippen molar-refractivity contribution in [1.29, 1.82) is 0 Å². The van der Waals surface area contributed by atoms with Crippen molar-refractivity contribution in [2.24, 2.45) is 0 Å². The third kappa shape index (κ3) is 4.70. The molecule has 0 spiro atoms. The first-order chi connectivity index (χ1) is 12.5. The second-order valence-corrected chi connectivity index (χ2v) is 6.67. The van der Waals surface area contributed by atoms with E-state index in [1.807, 2.05) is 30.3 Å². The number of carbonyl (C=O) groups excluding carboxylic acids is 3. The van der Waals surface area contributed by atoms with E-state index in [-0.39, 0.29) is 23.8 Å². The van der Waals surface area contributed by atoms with Gasteiger partial charge >= 0.3 is 5.97 Å². The molecule has 0 aliphatic carbocycles. The molecule has 0 fully saturated rings.